The molecule has 3 heteroatoms. The zero-order valence-electron chi connectivity index (χ0n) is 2.50. The van der Waals surface area contributed by atoms with Gasteiger partial charge < -0.3 is 31.9 Å². The van der Waals surface area contributed by atoms with Gasteiger partial charge in [0, 0.05) is 0 Å². The van der Waals surface area contributed by atoms with Crippen LogP contribution in [0, 0.1) is 11.7 Å². The van der Waals surface area contributed by atoms with Gasteiger partial charge in [-0.1, -0.05) is 0 Å². The summed E-state index contributed by atoms with van der Waals surface area (Å²) in [7, 11) is 0. The Bertz CT molecular complexity index is 7.61. The Balaban J connectivity index is -0.0000000133. The standard InChI is InChI=1S/2CH2Br.Co/c2*1-2;/h2*1H2;/q2*-1;+2. The summed E-state index contributed by atoms with van der Waals surface area (Å²) < 4.78 is 0. The molecule has 0 atom stereocenters. The average Bonchev–Trinajstić information content (AvgIpc) is 1.50. The molecule has 5 heavy (non-hydrogen) atoms. The predicted molar refractivity (Wildman–Crippen MR) is 28.6 cm³/mol. The largest absolute Gasteiger partial charge is 2.00 e. The van der Waals surface area contributed by atoms with Crippen LogP contribution in [0.2, 0.25) is 0 Å². The van der Waals surface area contributed by atoms with Crippen LogP contribution < -0.4 is 0 Å². The van der Waals surface area contributed by atoms with Crippen molar-refractivity contribution in [3.63, 3.8) is 0 Å². The van der Waals surface area contributed by atoms with Gasteiger partial charge >= 0.3 is 16.8 Å². The molecule has 0 bridgehead atoms. The van der Waals surface area contributed by atoms with E-state index in [2.05, 4.69) is 43.5 Å². The molecule has 0 N–H and O–H groups in total. The normalized spacial score (nSPS) is 2.40. The molecule has 0 amide bonds. The van der Waals surface area contributed by atoms with Gasteiger partial charge in [-0.25, -0.2) is 0 Å². The van der Waals surface area contributed by atoms with Crippen LogP contribution in [0.3, 0.4) is 0 Å². The van der Waals surface area contributed by atoms with Crippen molar-refractivity contribution < 1.29 is 16.8 Å². The van der Waals surface area contributed by atoms with Crippen molar-refractivity contribution in [3.05, 3.63) is 11.7 Å². The molecular formula is C2H4Br2Co. The van der Waals surface area contributed by atoms with Gasteiger partial charge in [-0.05, 0) is 0 Å². The molecule has 0 aromatic carbocycles. The molecule has 0 aliphatic carbocycles. The van der Waals surface area contributed by atoms with Crippen molar-refractivity contribution >= 4 is 31.9 Å². The Hall–Kier alpha value is 1.47. The summed E-state index contributed by atoms with van der Waals surface area (Å²) in [6.45, 7) is 0. The van der Waals surface area contributed by atoms with E-state index in [0.717, 1.165) is 0 Å². The molecule has 0 heterocycles. The zero-order chi connectivity index (χ0) is 4.00. The summed E-state index contributed by atoms with van der Waals surface area (Å²) in [5.41, 5.74) is 0. The average molecular weight is 247 g/mol. The Morgan fingerprint density at radius 2 is 0.800 bits per heavy atom. The predicted octanol–water partition coefficient (Wildman–Crippen LogP) is 2.34. The van der Waals surface area contributed by atoms with Crippen molar-refractivity contribution in [2.75, 3.05) is 0 Å². The van der Waals surface area contributed by atoms with Crippen molar-refractivity contribution in [2.24, 2.45) is 0 Å². The van der Waals surface area contributed by atoms with Crippen LogP contribution in [0.5, 0.6) is 0 Å². The van der Waals surface area contributed by atoms with E-state index in [-0.39, 0.29) is 16.8 Å². The van der Waals surface area contributed by atoms with Crippen LogP contribution >= 0.6 is 31.9 Å². The summed E-state index contributed by atoms with van der Waals surface area (Å²) in [5.74, 6) is 6.12. The summed E-state index contributed by atoms with van der Waals surface area (Å²) in [6.07, 6.45) is 0. The van der Waals surface area contributed by atoms with E-state index in [1.54, 1.807) is 0 Å². The van der Waals surface area contributed by atoms with Crippen LogP contribution in [0.4, 0.5) is 0 Å². The molecule has 0 fully saturated rings. The molecule has 0 aliphatic rings. The van der Waals surface area contributed by atoms with Gasteiger partial charge in [-0.15, -0.1) is 0 Å². The van der Waals surface area contributed by atoms with E-state index < -0.39 is 0 Å². The molecule has 1 radical (unpaired) electrons. The first kappa shape index (κ1) is 16.1. The fourth-order valence-corrected chi connectivity index (χ4v) is 0. The first-order valence-electron chi connectivity index (χ1n) is 0.535. The number of hydrogen-bond acceptors (Lipinski definition) is 0. The first-order valence-corrected chi connectivity index (χ1v) is 2.78. The van der Waals surface area contributed by atoms with Crippen molar-refractivity contribution in [1.29, 1.82) is 0 Å². The van der Waals surface area contributed by atoms with Crippen LogP contribution in [0.15, 0.2) is 0 Å². The number of hydrogen-bond donors (Lipinski definition) is 0. The molecule has 0 nitrogen and oxygen atoms in total. The fraction of sp³-hybridized carbons (Fsp3) is 0. The zero-order valence-corrected chi connectivity index (χ0v) is 6.72. The maximum atomic E-state index is 3.06. The molecule has 0 saturated carbocycles. The minimum absolute atomic E-state index is 0. The van der Waals surface area contributed by atoms with Crippen molar-refractivity contribution in [2.45, 2.75) is 0 Å². The van der Waals surface area contributed by atoms with Crippen LogP contribution in [0.1, 0.15) is 0 Å². The van der Waals surface area contributed by atoms with Gasteiger partial charge in [0.15, 0.2) is 0 Å². The van der Waals surface area contributed by atoms with Gasteiger partial charge in [0.1, 0.15) is 0 Å². The van der Waals surface area contributed by atoms with E-state index in [0.29, 0.717) is 0 Å². The van der Waals surface area contributed by atoms with E-state index >= 15 is 0 Å². The molecule has 0 unspecified atom stereocenters. The Morgan fingerprint density at radius 1 is 0.800 bits per heavy atom. The molecule has 0 rings (SSSR count). The van der Waals surface area contributed by atoms with Gasteiger partial charge in [0.2, 0.25) is 0 Å². The minimum atomic E-state index is 0. The van der Waals surface area contributed by atoms with E-state index in [1.165, 1.54) is 0 Å². The molecule has 35 valence electrons. The SMILES string of the molecule is [CH2-]Br.[CH2-]Br.[Co+2]. The molecule has 0 saturated heterocycles. The van der Waals surface area contributed by atoms with Gasteiger partial charge in [0.25, 0.3) is 0 Å². The quantitative estimate of drug-likeness (QED) is 0.576. The van der Waals surface area contributed by atoms with E-state index in [4.69, 9.17) is 0 Å². The van der Waals surface area contributed by atoms with Crippen LogP contribution in [0.25, 0.3) is 0 Å². The second-order valence-electron chi connectivity index (χ2n) is 0. The maximum absolute atomic E-state index is 3.06. The topological polar surface area (TPSA) is 0 Å². The third-order valence-corrected chi connectivity index (χ3v) is 0. The van der Waals surface area contributed by atoms with Crippen LogP contribution in [-0.4, -0.2) is 0 Å². The summed E-state index contributed by atoms with van der Waals surface area (Å²) >= 11 is 5.38. The van der Waals surface area contributed by atoms with Gasteiger partial charge in [-0.3, -0.25) is 11.7 Å². The third-order valence-electron chi connectivity index (χ3n) is 0. The monoisotopic (exact) mass is 245 g/mol. The Labute approximate surface area is 60.2 Å². The van der Waals surface area contributed by atoms with E-state index in [1.807, 2.05) is 0 Å². The Morgan fingerprint density at radius 3 is 0.800 bits per heavy atom. The summed E-state index contributed by atoms with van der Waals surface area (Å²) in [6, 6.07) is 0. The molecule has 0 aromatic rings. The fourth-order valence-electron chi connectivity index (χ4n) is 0. The Kier molecular flexibility index (Phi) is 163. The summed E-state index contributed by atoms with van der Waals surface area (Å²) in [4.78, 5) is 0. The third kappa shape index (κ3) is 30.5. The molecule has 0 aliphatic heterocycles. The maximum Gasteiger partial charge on any atom is 2.00 e. The van der Waals surface area contributed by atoms with Crippen molar-refractivity contribution in [1.82, 2.24) is 0 Å². The molecule has 0 spiro atoms. The van der Waals surface area contributed by atoms with Gasteiger partial charge in [0.05, 0.1) is 0 Å². The second kappa shape index (κ2) is 50.7. The number of rotatable bonds is 0. The van der Waals surface area contributed by atoms with Crippen molar-refractivity contribution in [3.8, 4) is 0 Å². The van der Waals surface area contributed by atoms with Crippen LogP contribution in [-0.2, 0) is 16.8 Å². The second-order valence-corrected chi connectivity index (χ2v) is 0. The van der Waals surface area contributed by atoms with E-state index in [9.17, 15) is 0 Å². The van der Waals surface area contributed by atoms with Gasteiger partial charge in [-0.2, -0.15) is 0 Å². The summed E-state index contributed by atoms with van der Waals surface area (Å²) in [5, 5.41) is 0. The minimum Gasteiger partial charge on any atom is -0.323 e. The first-order chi connectivity index (χ1) is 2.00. The molecule has 0 aromatic heterocycles. The molecular weight excluding hydrogens is 243 g/mol. The number of halogens is 2. The smallest absolute Gasteiger partial charge is 0.323 e.